The minimum absolute atomic E-state index is 1.07. The molecule has 0 aromatic heterocycles. The van der Waals surface area contributed by atoms with Gasteiger partial charge in [-0.05, 0) is 43.4 Å². The Balaban J connectivity index is 3.12. The average Bonchev–Trinajstić information content (AvgIpc) is 1.91. The van der Waals surface area contributed by atoms with Crippen molar-refractivity contribution < 1.29 is 0 Å². The third kappa shape index (κ3) is 0.635. The summed E-state index contributed by atoms with van der Waals surface area (Å²) in [7, 11) is -1.07. The summed E-state index contributed by atoms with van der Waals surface area (Å²) in [5.74, 6) is 0. The second kappa shape index (κ2) is 1.27. The molecule has 0 amide bonds. The summed E-state index contributed by atoms with van der Waals surface area (Å²) in [5, 5.41) is 0. The summed E-state index contributed by atoms with van der Waals surface area (Å²) in [4.78, 5) is 2.58. The monoisotopic (exact) mass is 150 g/mol. The van der Waals surface area contributed by atoms with Gasteiger partial charge < -0.3 is 0 Å². The van der Waals surface area contributed by atoms with Crippen LogP contribution in [0, 0.1) is 0 Å². The normalized spacial score (nSPS) is 25.4. The Kier molecular flexibility index (Phi) is 1.03. The van der Waals surface area contributed by atoms with Gasteiger partial charge in [-0.15, -0.1) is 0 Å². The minimum Gasteiger partial charge on any atom is -0.0408 e. The Morgan fingerprint density at radius 3 is 1.29 bits per heavy atom. The van der Waals surface area contributed by atoms with E-state index < -0.39 is 7.15 Å². The molecule has 0 radical (unpaired) electrons. The van der Waals surface area contributed by atoms with Gasteiger partial charge in [-0.3, -0.25) is 0 Å². The van der Waals surface area contributed by atoms with Gasteiger partial charge >= 0.3 is 0 Å². The zero-order valence-corrected chi connectivity index (χ0v) is 6.67. The van der Waals surface area contributed by atoms with Crippen molar-refractivity contribution in [1.82, 2.24) is 0 Å². The van der Waals surface area contributed by atoms with Crippen molar-refractivity contribution in [1.29, 1.82) is 0 Å². The number of hydrogen-bond acceptors (Lipinski definition) is 2. The number of rotatable bonds is 0. The van der Waals surface area contributed by atoms with E-state index in [-0.39, 0.29) is 0 Å². The maximum atomic E-state index is 5.01. The molecule has 0 nitrogen and oxygen atoms in total. The van der Waals surface area contributed by atoms with Gasteiger partial charge in [0.1, 0.15) is 0 Å². The van der Waals surface area contributed by atoms with Crippen molar-refractivity contribution in [2.75, 3.05) is 0 Å². The molecular weight excluding hydrogens is 144 g/mol. The van der Waals surface area contributed by atoms with Crippen LogP contribution in [-0.4, -0.2) is 0 Å². The summed E-state index contributed by atoms with van der Waals surface area (Å²) in [6.45, 7) is 4.06. The van der Waals surface area contributed by atoms with E-state index in [2.05, 4.69) is 0 Å². The molecule has 0 aromatic rings. The van der Waals surface area contributed by atoms with Gasteiger partial charge in [-0.1, -0.05) is 0 Å². The van der Waals surface area contributed by atoms with Gasteiger partial charge in [-0.2, -0.15) is 0 Å². The molecule has 0 fully saturated rings. The maximum Gasteiger partial charge on any atom is 0.00457 e. The molecule has 0 saturated heterocycles. The highest BCUT2D eigenvalue weighted by atomic mass is 33.1. The average molecular weight is 150 g/mol. The molecule has 40 valence electrons. The van der Waals surface area contributed by atoms with Gasteiger partial charge in [-0.25, -0.2) is 0 Å². The van der Waals surface area contributed by atoms with E-state index in [1.807, 2.05) is 13.8 Å². The van der Waals surface area contributed by atoms with Crippen LogP contribution in [0.3, 0.4) is 0 Å². The highest BCUT2D eigenvalue weighted by Crippen LogP contribution is 2.35. The largest absolute Gasteiger partial charge is 0.0408 e. The second-order valence-corrected chi connectivity index (χ2v) is 7.48. The van der Waals surface area contributed by atoms with Crippen LogP contribution in [0.5, 0.6) is 0 Å². The third-order valence-corrected chi connectivity index (χ3v) is 6.28. The van der Waals surface area contributed by atoms with E-state index >= 15 is 0 Å². The van der Waals surface area contributed by atoms with Gasteiger partial charge in [0.25, 0.3) is 0 Å². The molecule has 0 bridgehead atoms. The minimum atomic E-state index is -1.07. The summed E-state index contributed by atoms with van der Waals surface area (Å²) in [5.41, 5.74) is 0. The fourth-order valence-corrected chi connectivity index (χ4v) is 3.03. The maximum absolute atomic E-state index is 5.01. The molecule has 0 spiro atoms. The molecule has 0 aromatic carbocycles. The molecular formula is C4H6S3. The summed E-state index contributed by atoms with van der Waals surface area (Å²) in [6, 6.07) is 0. The Morgan fingerprint density at radius 2 is 1.29 bits per heavy atom. The SMILES string of the molecule is CC1=C(C)S1(=S)=S. The molecule has 1 rings (SSSR count). The molecule has 0 saturated carbocycles. The first-order chi connectivity index (χ1) is 3.07. The third-order valence-electron chi connectivity index (χ3n) is 1.26. The van der Waals surface area contributed by atoms with Crippen LogP contribution >= 0.6 is 0 Å². The molecule has 0 unspecified atom stereocenters. The van der Waals surface area contributed by atoms with Crippen LogP contribution in [0.25, 0.3) is 0 Å². The Morgan fingerprint density at radius 1 is 1.14 bits per heavy atom. The number of hydrogen-bond donors (Lipinski definition) is 0. The predicted molar refractivity (Wildman–Crippen MR) is 40.5 cm³/mol. The van der Waals surface area contributed by atoms with Crippen LogP contribution in [0.15, 0.2) is 9.81 Å². The van der Waals surface area contributed by atoms with E-state index in [1.54, 1.807) is 0 Å². The van der Waals surface area contributed by atoms with E-state index in [1.165, 1.54) is 9.81 Å². The van der Waals surface area contributed by atoms with Gasteiger partial charge in [0.15, 0.2) is 0 Å². The van der Waals surface area contributed by atoms with Crippen molar-refractivity contribution in [3.63, 3.8) is 0 Å². The first kappa shape index (κ1) is 5.66. The predicted octanol–water partition coefficient (Wildman–Crippen LogP) is 1.33. The topological polar surface area (TPSA) is 0 Å². The second-order valence-electron chi connectivity index (χ2n) is 1.62. The Labute approximate surface area is 53.4 Å². The van der Waals surface area contributed by atoms with Crippen LogP contribution in [0.1, 0.15) is 13.8 Å². The van der Waals surface area contributed by atoms with Gasteiger partial charge in [0, 0.05) is 9.81 Å². The molecule has 0 aliphatic carbocycles. The lowest BCUT2D eigenvalue weighted by atomic mass is 10.6. The molecule has 1 aliphatic heterocycles. The molecule has 0 atom stereocenters. The summed E-state index contributed by atoms with van der Waals surface area (Å²) >= 11 is 10.0. The molecule has 1 aliphatic rings. The fraction of sp³-hybridized carbons (Fsp3) is 0.500. The molecule has 3 heteroatoms. The lowest BCUT2D eigenvalue weighted by molar-refractivity contribution is 1.64. The smallest absolute Gasteiger partial charge is 0.00457 e. The highest BCUT2D eigenvalue weighted by Gasteiger charge is 2.24. The fourth-order valence-electron chi connectivity index (χ4n) is 0.405. The quantitative estimate of drug-likeness (QED) is 0.511. The van der Waals surface area contributed by atoms with Gasteiger partial charge in [0.2, 0.25) is 0 Å². The van der Waals surface area contributed by atoms with Crippen LogP contribution in [-0.2, 0) is 29.5 Å². The van der Waals surface area contributed by atoms with E-state index in [4.69, 9.17) is 22.4 Å². The molecule has 0 N–H and O–H groups in total. The van der Waals surface area contributed by atoms with Crippen LogP contribution < -0.4 is 0 Å². The van der Waals surface area contributed by atoms with E-state index in [0.717, 1.165) is 0 Å². The van der Waals surface area contributed by atoms with Crippen molar-refractivity contribution in [3.05, 3.63) is 9.81 Å². The highest BCUT2D eigenvalue weighted by molar-refractivity contribution is 8.63. The first-order valence-corrected chi connectivity index (χ1v) is 5.47. The summed E-state index contributed by atoms with van der Waals surface area (Å²) < 4.78 is 0. The van der Waals surface area contributed by atoms with Crippen molar-refractivity contribution in [3.8, 4) is 0 Å². The van der Waals surface area contributed by atoms with Gasteiger partial charge in [0.05, 0.1) is 0 Å². The molecule has 1 heterocycles. The van der Waals surface area contributed by atoms with Crippen molar-refractivity contribution in [2.24, 2.45) is 0 Å². The van der Waals surface area contributed by atoms with Crippen molar-refractivity contribution >= 4 is 29.5 Å². The number of allylic oxidation sites excluding steroid dienone is 2. The molecule has 7 heavy (non-hydrogen) atoms. The van der Waals surface area contributed by atoms with Crippen LogP contribution in [0.2, 0.25) is 0 Å². The van der Waals surface area contributed by atoms with Crippen LogP contribution in [0.4, 0.5) is 0 Å². The zero-order valence-electron chi connectivity index (χ0n) is 4.22. The Hall–Kier alpha value is 0.530. The zero-order chi connectivity index (χ0) is 5.65. The van der Waals surface area contributed by atoms with Crippen molar-refractivity contribution in [2.45, 2.75) is 13.8 Å². The van der Waals surface area contributed by atoms with E-state index in [9.17, 15) is 0 Å². The standard InChI is InChI=1S/C4H6S3/c1-3-4(2)7(3,5)6/h1-2H3. The lowest BCUT2D eigenvalue weighted by Gasteiger charge is -1.72. The lowest BCUT2D eigenvalue weighted by Crippen LogP contribution is -1.64. The van der Waals surface area contributed by atoms with E-state index in [0.29, 0.717) is 0 Å². The first-order valence-electron chi connectivity index (χ1n) is 1.99. The Bertz CT molecular complexity index is 199. The summed E-state index contributed by atoms with van der Waals surface area (Å²) in [6.07, 6.45) is 0.